The molecule has 40 valence electrons. The maximum Gasteiger partial charge on any atom is 0.0985 e. The Hall–Kier alpha value is -0.330. The zero-order valence-electron chi connectivity index (χ0n) is 5.10. The number of nitrogens with zero attached hydrogens (tertiary/aromatic N) is 1. The van der Waals surface area contributed by atoms with Crippen molar-refractivity contribution >= 4 is 6.21 Å². The highest BCUT2D eigenvalue weighted by atomic mass is 14.6. The van der Waals surface area contributed by atoms with Crippen LogP contribution in [0.1, 0.15) is 20.8 Å². The average molecular weight is 97.2 g/mol. The summed E-state index contributed by atoms with van der Waals surface area (Å²) in [5, 5.41) is 0. The van der Waals surface area contributed by atoms with Crippen LogP contribution in [-0.4, -0.2) is 6.21 Å². The lowest BCUT2D eigenvalue weighted by Gasteiger charge is -2.07. The summed E-state index contributed by atoms with van der Waals surface area (Å²) in [6.07, 6.45) is 1.72. The third-order valence-electron chi connectivity index (χ3n) is 0.462. The van der Waals surface area contributed by atoms with Gasteiger partial charge in [-0.2, -0.15) is 0 Å². The highest BCUT2D eigenvalue weighted by Crippen LogP contribution is 2.07. The molecule has 0 aromatic carbocycles. The van der Waals surface area contributed by atoms with Gasteiger partial charge in [-0.15, -0.1) is 0 Å². The standard InChI is InChI=1S/C6H11N/c1-6(2,3)5-7-4/h4-5H,1-3H3. The first kappa shape index (κ1) is 6.67. The molecule has 1 heteroatoms. The number of rotatable bonds is 0. The second kappa shape index (κ2) is 2.10. The molecule has 7 heavy (non-hydrogen) atoms. The fraction of sp³-hybridized carbons (Fsp3) is 0.667. The zero-order valence-corrected chi connectivity index (χ0v) is 5.10. The molecule has 0 heterocycles. The Kier molecular flexibility index (Phi) is 2.00. The van der Waals surface area contributed by atoms with Gasteiger partial charge >= 0.3 is 0 Å². The van der Waals surface area contributed by atoms with Crippen LogP contribution >= 0.6 is 0 Å². The number of hydrogen-bond donors (Lipinski definition) is 0. The summed E-state index contributed by atoms with van der Waals surface area (Å²) < 4.78 is 0. The van der Waals surface area contributed by atoms with Crippen molar-refractivity contribution in [2.24, 2.45) is 10.4 Å². The maximum absolute atomic E-state index is 4.88. The van der Waals surface area contributed by atoms with E-state index in [0.29, 0.717) is 0 Å². The van der Waals surface area contributed by atoms with Gasteiger partial charge in [0.2, 0.25) is 0 Å². The molecule has 1 nitrogen and oxygen atoms in total. The predicted octanol–water partition coefficient (Wildman–Crippen LogP) is 1.77. The van der Waals surface area contributed by atoms with Crippen LogP contribution in [0.2, 0.25) is 0 Å². The van der Waals surface area contributed by atoms with Crippen LogP contribution in [0.25, 0.3) is 0 Å². The van der Waals surface area contributed by atoms with Crippen LogP contribution in [0.4, 0.5) is 0 Å². The summed E-state index contributed by atoms with van der Waals surface area (Å²) in [7, 11) is 4.88. The predicted molar refractivity (Wildman–Crippen MR) is 32.2 cm³/mol. The van der Waals surface area contributed by atoms with E-state index in [1.807, 2.05) is 20.8 Å². The van der Waals surface area contributed by atoms with Crippen molar-refractivity contribution < 1.29 is 0 Å². The summed E-state index contributed by atoms with van der Waals surface area (Å²) in [6.45, 7) is 6.14. The summed E-state index contributed by atoms with van der Waals surface area (Å²) in [4.78, 5) is 3.38. The summed E-state index contributed by atoms with van der Waals surface area (Å²) >= 11 is 0. The molecule has 0 spiro atoms. The van der Waals surface area contributed by atoms with Crippen LogP contribution < -0.4 is 0 Å². The Morgan fingerprint density at radius 1 is 1.43 bits per heavy atom. The summed E-state index contributed by atoms with van der Waals surface area (Å²) in [6, 6.07) is 0. The van der Waals surface area contributed by atoms with Crippen LogP contribution in [0.15, 0.2) is 4.99 Å². The van der Waals surface area contributed by atoms with Gasteiger partial charge < -0.3 is 0 Å². The quantitative estimate of drug-likeness (QED) is 0.408. The molecule has 0 saturated heterocycles. The van der Waals surface area contributed by atoms with Gasteiger partial charge in [0.25, 0.3) is 0 Å². The maximum atomic E-state index is 4.88. The van der Waals surface area contributed by atoms with Crippen LogP contribution in [-0.2, 0) is 0 Å². The molecule has 0 fully saturated rings. The van der Waals surface area contributed by atoms with E-state index in [1.165, 1.54) is 0 Å². The lowest BCUT2D eigenvalue weighted by atomic mass is 9.99. The fourth-order valence-electron chi connectivity index (χ4n) is 0.224. The van der Waals surface area contributed by atoms with E-state index >= 15 is 0 Å². The largest absolute Gasteiger partial charge is 0.289 e. The zero-order chi connectivity index (χ0) is 5.91. The minimum atomic E-state index is 0.134. The second-order valence-electron chi connectivity index (χ2n) is 2.64. The molecule has 0 N–H and O–H groups in total. The molecule has 0 saturated carbocycles. The Balaban J connectivity index is 3.56. The lowest BCUT2D eigenvalue weighted by molar-refractivity contribution is 0.607. The molecular formula is C6H11N. The first-order chi connectivity index (χ1) is 3.06. The third-order valence-corrected chi connectivity index (χ3v) is 0.462. The Bertz CT molecular complexity index is 66.7. The van der Waals surface area contributed by atoms with Gasteiger partial charge in [0.15, 0.2) is 0 Å². The fourth-order valence-corrected chi connectivity index (χ4v) is 0.224. The Morgan fingerprint density at radius 3 is 1.86 bits per heavy atom. The van der Waals surface area contributed by atoms with Crippen molar-refractivity contribution in [3.8, 4) is 0 Å². The van der Waals surface area contributed by atoms with Gasteiger partial charge in [-0.1, -0.05) is 20.8 Å². The summed E-state index contributed by atoms with van der Waals surface area (Å²) in [5.41, 5.74) is 0.134. The van der Waals surface area contributed by atoms with Crippen molar-refractivity contribution in [2.75, 3.05) is 0 Å². The van der Waals surface area contributed by atoms with Crippen molar-refractivity contribution in [3.63, 3.8) is 0 Å². The third kappa shape index (κ3) is 5.67. The van der Waals surface area contributed by atoms with Gasteiger partial charge in [0.05, 0.1) is 7.05 Å². The van der Waals surface area contributed by atoms with Gasteiger partial charge in [-0.25, -0.2) is 0 Å². The van der Waals surface area contributed by atoms with E-state index in [-0.39, 0.29) is 5.41 Å². The van der Waals surface area contributed by atoms with E-state index in [4.69, 9.17) is 7.05 Å². The average Bonchev–Trinajstić information content (AvgIpc) is 1.30. The van der Waals surface area contributed by atoms with Gasteiger partial charge in [-0.05, 0) is 5.41 Å². The van der Waals surface area contributed by atoms with Crippen molar-refractivity contribution in [3.05, 3.63) is 7.05 Å². The molecule has 0 aliphatic carbocycles. The van der Waals surface area contributed by atoms with E-state index in [0.717, 1.165) is 0 Å². The second-order valence-corrected chi connectivity index (χ2v) is 2.64. The lowest BCUT2D eigenvalue weighted by Crippen LogP contribution is -2.04. The molecular weight excluding hydrogens is 86.1 g/mol. The highest BCUT2D eigenvalue weighted by molar-refractivity contribution is 5.63. The van der Waals surface area contributed by atoms with Crippen LogP contribution in [0.5, 0.6) is 0 Å². The van der Waals surface area contributed by atoms with Gasteiger partial charge in [0.1, 0.15) is 0 Å². The number of aliphatic imine (C=N–C) groups is 1. The molecule has 0 aliphatic rings. The monoisotopic (exact) mass is 97.1 g/mol. The molecule has 0 atom stereocenters. The van der Waals surface area contributed by atoms with E-state index in [9.17, 15) is 0 Å². The molecule has 2 radical (unpaired) electrons. The normalized spacial score (nSPS) is 13.1. The van der Waals surface area contributed by atoms with Gasteiger partial charge in [-0.3, -0.25) is 4.99 Å². The minimum absolute atomic E-state index is 0.134. The van der Waals surface area contributed by atoms with Gasteiger partial charge in [0, 0.05) is 6.21 Å². The molecule has 0 amide bonds. The first-order valence-corrected chi connectivity index (χ1v) is 2.31. The SMILES string of the molecule is [CH]/N=C/C(C)(C)C. The topological polar surface area (TPSA) is 12.4 Å². The van der Waals surface area contributed by atoms with Crippen LogP contribution in [0.3, 0.4) is 0 Å². The smallest absolute Gasteiger partial charge is 0.0985 e. The van der Waals surface area contributed by atoms with Crippen molar-refractivity contribution in [1.82, 2.24) is 0 Å². The minimum Gasteiger partial charge on any atom is -0.289 e. The number of hydrogen-bond acceptors (Lipinski definition) is 1. The molecule has 0 aliphatic heterocycles. The van der Waals surface area contributed by atoms with Crippen molar-refractivity contribution in [1.29, 1.82) is 0 Å². The molecule has 0 rings (SSSR count). The Morgan fingerprint density at radius 2 is 1.86 bits per heavy atom. The van der Waals surface area contributed by atoms with E-state index in [1.54, 1.807) is 6.21 Å². The molecule has 0 aromatic heterocycles. The molecule has 0 unspecified atom stereocenters. The molecule has 0 aromatic rings. The Labute approximate surface area is 45.5 Å². The first-order valence-electron chi connectivity index (χ1n) is 2.31. The van der Waals surface area contributed by atoms with Crippen molar-refractivity contribution in [2.45, 2.75) is 20.8 Å². The van der Waals surface area contributed by atoms with Crippen LogP contribution in [0, 0.1) is 12.5 Å². The highest BCUT2D eigenvalue weighted by Gasteiger charge is 2.02. The van der Waals surface area contributed by atoms with E-state index < -0.39 is 0 Å². The summed E-state index contributed by atoms with van der Waals surface area (Å²) in [5.74, 6) is 0. The van der Waals surface area contributed by atoms with E-state index in [2.05, 4.69) is 4.99 Å². The molecule has 0 bridgehead atoms.